The topological polar surface area (TPSA) is 110 Å². The number of rotatable bonds is 6. The van der Waals surface area contributed by atoms with Gasteiger partial charge in [0.25, 0.3) is 0 Å². The molecule has 2 aromatic carbocycles. The number of aromatic carboxylic acids is 2. The molecule has 0 spiro atoms. The van der Waals surface area contributed by atoms with Crippen molar-refractivity contribution in [1.82, 2.24) is 19.6 Å². The molecule has 4 rings (SSSR count). The van der Waals surface area contributed by atoms with Gasteiger partial charge in [-0.05, 0) is 63.1 Å². The summed E-state index contributed by atoms with van der Waals surface area (Å²) in [6.45, 7) is 8.25. The summed E-state index contributed by atoms with van der Waals surface area (Å²) < 4.78 is 3.76. The van der Waals surface area contributed by atoms with Crippen LogP contribution in [0.1, 0.15) is 43.5 Å². The van der Waals surface area contributed by atoms with Gasteiger partial charge in [0.2, 0.25) is 0 Å². The van der Waals surface area contributed by atoms with Crippen LogP contribution in [-0.2, 0) is 6.67 Å². The van der Waals surface area contributed by atoms with E-state index in [1.165, 1.54) is 0 Å². The minimum atomic E-state index is -0.955. The largest absolute Gasteiger partial charge is 0.478 e. The number of carboxylic acid groups (broad SMARTS) is 2. The van der Waals surface area contributed by atoms with Gasteiger partial charge in [0.15, 0.2) is 0 Å². The van der Waals surface area contributed by atoms with Gasteiger partial charge in [0.1, 0.15) is 6.67 Å². The summed E-state index contributed by atoms with van der Waals surface area (Å²) in [5.41, 5.74) is 7.86. The first-order valence-electron chi connectivity index (χ1n) is 10.4. The van der Waals surface area contributed by atoms with Crippen molar-refractivity contribution in [3.05, 3.63) is 82.4 Å². The number of nitrogens with zero attached hydrogens (tertiary/aromatic N) is 4. The third-order valence-electron chi connectivity index (χ3n) is 5.87. The van der Waals surface area contributed by atoms with Crippen molar-refractivity contribution in [1.29, 1.82) is 0 Å². The number of carbonyl (C=O) groups is 2. The first-order valence-corrected chi connectivity index (χ1v) is 10.4. The Morgan fingerprint density at radius 1 is 0.667 bits per heavy atom. The van der Waals surface area contributed by atoms with Gasteiger partial charge >= 0.3 is 11.9 Å². The normalized spacial score (nSPS) is 11.0. The van der Waals surface area contributed by atoms with Crippen molar-refractivity contribution in [3.8, 4) is 22.3 Å². The smallest absolute Gasteiger partial charge is 0.335 e. The van der Waals surface area contributed by atoms with Crippen LogP contribution >= 0.6 is 0 Å². The zero-order valence-electron chi connectivity index (χ0n) is 18.8. The molecular formula is C25H24N4O4. The Kier molecular flexibility index (Phi) is 5.59. The van der Waals surface area contributed by atoms with Gasteiger partial charge in [-0.15, -0.1) is 0 Å². The molecule has 2 N–H and O–H groups in total. The molecule has 0 radical (unpaired) electrons. The van der Waals surface area contributed by atoms with E-state index in [2.05, 4.69) is 0 Å². The van der Waals surface area contributed by atoms with Gasteiger partial charge in [0, 0.05) is 22.5 Å². The van der Waals surface area contributed by atoms with Crippen molar-refractivity contribution < 1.29 is 19.8 Å². The van der Waals surface area contributed by atoms with Crippen LogP contribution < -0.4 is 0 Å². The van der Waals surface area contributed by atoms with E-state index < -0.39 is 11.9 Å². The van der Waals surface area contributed by atoms with Crippen molar-refractivity contribution in [3.63, 3.8) is 0 Å². The van der Waals surface area contributed by atoms with Crippen molar-refractivity contribution >= 4 is 11.9 Å². The molecule has 0 unspecified atom stereocenters. The van der Waals surface area contributed by atoms with Gasteiger partial charge in [0.05, 0.1) is 22.5 Å². The van der Waals surface area contributed by atoms with Gasteiger partial charge in [-0.25, -0.2) is 19.0 Å². The van der Waals surface area contributed by atoms with Gasteiger partial charge < -0.3 is 10.2 Å². The fourth-order valence-corrected chi connectivity index (χ4v) is 4.19. The highest BCUT2D eigenvalue weighted by molar-refractivity contribution is 5.89. The van der Waals surface area contributed by atoms with Crippen LogP contribution in [0.2, 0.25) is 0 Å². The van der Waals surface area contributed by atoms with Crippen molar-refractivity contribution in [2.24, 2.45) is 0 Å². The van der Waals surface area contributed by atoms with E-state index in [1.807, 2.05) is 37.1 Å². The molecule has 0 bridgehead atoms. The standard InChI is InChI=1S/C25H24N4O4/c1-14-22(18-5-9-20(10-6-18)24(30)31)16(3)28(26-14)13-29-17(4)23(15(2)27-29)19-7-11-21(12-8-19)25(32)33/h5-12H,13H2,1-4H3,(H,30,31)(H,32,33). The quantitative estimate of drug-likeness (QED) is 0.451. The summed E-state index contributed by atoms with van der Waals surface area (Å²) in [4.78, 5) is 22.3. The number of aromatic nitrogens is 4. The fourth-order valence-electron chi connectivity index (χ4n) is 4.19. The fraction of sp³-hybridized carbons (Fsp3) is 0.200. The van der Waals surface area contributed by atoms with E-state index in [4.69, 9.17) is 20.4 Å². The molecular weight excluding hydrogens is 420 g/mol. The number of aryl methyl sites for hydroxylation is 2. The van der Waals surface area contributed by atoms with E-state index in [0.717, 1.165) is 45.0 Å². The summed E-state index contributed by atoms with van der Waals surface area (Å²) in [6, 6.07) is 13.6. The number of carboxylic acids is 2. The Hall–Kier alpha value is -4.20. The van der Waals surface area contributed by atoms with Crippen LogP contribution in [-0.4, -0.2) is 41.7 Å². The molecule has 4 aromatic rings. The van der Waals surface area contributed by atoms with E-state index >= 15 is 0 Å². The third-order valence-corrected chi connectivity index (χ3v) is 5.87. The molecule has 0 aliphatic heterocycles. The predicted octanol–water partition coefficient (Wildman–Crippen LogP) is 4.55. The maximum absolute atomic E-state index is 11.1. The number of benzene rings is 2. The second kappa shape index (κ2) is 8.38. The average Bonchev–Trinajstić information content (AvgIpc) is 3.22. The molecule has 2 aromatic heterocycles. The zero-order chi connectivity index (χ0) is 23.9. The summed E-state index contributed by atoms with van der Waals surface area (Å²) in [6.07, 6.45) is 0. The van der Waals surface area contributed by atoms with Gasteiger partial charge in [-0.3, -0.25) is 0 Å². The predicted molar refractivity (Wildman–Crippen MR) is 124 cm³/mol. The second-order valence-corrected chi connectivity index (χ2v) is 8.00. The minimum Gasteiger partial charge on any atom is -0.478 e. The van der Waals surface area contributed by atoms with Gasteiger partial charge in [-0.2, -0.15) is 10.2 Å². The van der Waals surface area contributed by atoms with Crippen LogP contribution in [0.25, 0.3) is 22.3 Å². The van der Waals surface area contributed by atoms with Crippen LogP contribution in [0.5, 0.6) is 0 Å². The second-order valence-electron chi connectivity index (χ2n) is 8.00. The Bertz CT molecular complexity index is 1260. The Morgan fingerprint density at radius 3 is 1.30 bits per heavy atom. The molecule has 0 saturated carbocycles. The van der Waals surface area contributed by atoms with Crippen LogP contribution in [0.3, 0.4) is 0 Å². The molecule has 2 heterocycles. The van der Waals surface area contributed by atoms with E-state index in [1.54, 1.807) is 48.5 Å². The maximum atomic E-state index is 11.1. The minimum absolute atomic E-state index is 0.244. The van der Waals surface area contributed by atoms with Crippen LogP contribution in [0, 0.1) is 27.7 Å². The lowest BCUT2D eigenvalue weighted by Crippen LogP contribution is -2.13. The van der Waals surface area contributed by atoms with E-state index in [9.17, 15) is 9.59 Å². The average molecular weight is 444 g/mol. The molecule has 168 valence electrons. The van der Waals surface area contributed by atoms with E-state index in [-0.39, 0.29) is 11.1 Å². The molecule has 0 saturated heterocycles. The third kappa shape index (κ3) is 4.03. The Labute approximate surface area is 190 Å². The molecule has 0 atom stereocenters. The molecule has 33 heavy (non-hydrogen) atoms. The van der Waals surface area contributed by atoms with Crippen molar-refractivity contribution in [2.75, 3.05) is 0 Å². The molecule has 0 amide bonds. The highest BCUT2D eigenvalue weighted by Crippen LogP contribution is 2.30. The summed E-state index contributed by atoms with van der Waals surface area (Å²) in [5.74, 6) is -1.91. The number of hydrogen-bond acceptors (Lipinski definition) is 4. The molecule has 8 nitrogen and oxygen atoms in total. The Balaban J connectivity index is 1.66. The summed E-state index contributed by atoms with van der Waals surface area (Å²) >= 11 is 0. The van der Waals surface area contributed by atoms with Crippen LogP contribution in [0.4, 0.5) is 0 Å². The van der Waals surface area contributed by atoms with Gasteiger partial charge in [-0.1, -0.05) is 24.3 Å². The molecule has 0 fully saturated rings. The maximum Gasteiger partial charge on any atom is 0.335 e. The first-order chi connectivity index (χ1) is 15.7. The first kappa shape index (κ1) is 22.0. The summed E-state index contributed by atoms with van der Waals surface area (Å²) in [7, 11) is 0. The monoisotopic (exact) mass is 444 g/mol. The lowest BCUT2D eigenvalue weighted by atomic mass is 10.0. The molecule has 8 heteroatoms. The lowest BCUT2D eigenvalue weighted by molar-refractivity contribution is 0.0686. The summed E-state index contributed by atoms with van der Waals surface area (Å²) in [5, 5.41) is 27.7. The van der Waals surface area contributed by atoms with E-state index in [0.29, 0.717) is 6.67 Å². The SMILES string of the molecule is Cc1nn(Cn2nc(C)c(-c3ccc(C(=O)O)cc3)c2C)c(C)c1-c1ccc(C(=O)O)cc1. The van der Waals surface area contributed by atoms with Crippen LogP contribution in [0.15, 0.2) is 48.5 Å². The Morgan fingerprint density at radius 2 is 1.00 bits per heavy atom. The highest BCUT2D eigenvalue weighted by atomic mass is 16.4. The molecule has 0 aliphatic carbocycles. The molecule has 0 aliphatic rings. The van der Waals surface area contributed by atoms with Crippen molar-refractivity contribution in [2.45, 2.75) is 34.4 Å². The highest BCUT2D eigenvalue weighted by Gasteiger charge is 2.18. The lowest BCUT2D eigenvalue weighted by Gasteiger charge is -2.09. The number of hydrogen-bond donors (Lipinski definition) is 2. The zero-order valence-corrected chi connectivity index (χ0v) is 18.8.